The summed E-state index contributed by atoms with van der Waals surface area (Å²) in [6.07, 6.45) is 2.26. The van der Waals surface area contributed by atoms with Crippen LogP contribution in [0.3, 0.4) is 0 Å². The van der Waals surface area contributed by atoms with Crippen molar-refractivity contribution in [2.24, 2.45) is 0 Å². The highest BCUT2D eigenvalue weighted by Gasteiger charge is 2.14. The van der Waals surface area contributed by atoms with Crippen molar-refractivity contribution in [3.05, 3.63) is 82.9 Å². The molecule has 0 atom stereocenters. The zero-order valence-electron chi connectivity index (χ0n) is 16.1. The van der Waals surface area contributed by atoms with Crippen molar-refractivity contribution in [1.82, 2.24) is 9.97 Å². The van der Waals surface area contributed by atoms with E-state index in [0.717, 1.165) is 16.9 Å². The van der Waals surface area contributed by atoms with Gasteiger partial charge in [-0.05, 0) is 49.1 Å². The average Bonchev–Trinajstić information content (AvgIpc) is 2.72. The fourth-order valence-corrected chi connectivity index (χ4v) is 2.83. The number of aromatic nitrogens is 2. The maximum absolute atomic E-state index is 13.0. The van der Waals surface area contributed by atoms with E-state index in [0.29, 0.717) is 37.6 Å². The Morgan fingerprint density at radius 2 is 1.90 bits per heavy atom. The first-order valence-corrected chi connectivity index (χ1v) is 9.29. The monoisotopic (exact) mass is 395 g/mol. The first-order chi connectivity index (χ1) is 14.0. The number of anilines is 1. The molecular formula is C22H22FN3O3. The van der Waals surface area contributed by atoms with Crippen LogP contribution in [-0.2, 0) is 12.8 Å². The Bertz CT molecular complexity index is 977. The second kappa shape index (κ2) is 9.64. The topological polar surface area (TPSA) is 84.3 Å². The molecule has 3 aromatic rings. The third kappa shape index (κ3) is 5.75. The Balaban J connectivity index is 1.60. The number of benzene rings is 2. The molecule has 0 fully saturated rings. The lowest BCUT2D eigenvalue weighted by Crippen LogP contribution is -2.16. The number of rotatable bonds is 9. The molecule has 0 saturated heterocycles. The summed E-state index contributed by atoms with van der Waals surface area (Å²) in [6, 6.07) is 13.9. The minimum Gasteiger partial charge on any atom is -0.491 e. The smallest absolute Gasteiger partial charge is 0.339 e. The largest absolute Gasteiger partial charge is 0.491 e. The van der Waals surface area contributed by atoms with Crippen LogP contribution < -0.4 is 10.1 Å². The van der Waals surface area contributed by atoms with Crippen molar-refractivity contribution in [1.29, 1.82) is 0 Å². The summed E-state index contributed by atoms with van der Waals surface area (Å²) in [5, 5.41) is 12.4. The van der Waals surface area contributed by atoms with Gasteiger partial charge in [-0.3, -0.25) is 0 Å². The predicted molar refractivity (Wildman–Crippen MR) is 108 cm³/mol. The molecule has 0 saturated carbocycles. The Labute approximate surface area is 168 Å². The van der Waals surface area contributed by atoms with Crippen molar-refractivity contribution < 1.29 is 19.0 Å². The van der Waals surface area contributed by atoms with Crippen LogP contribution >= 0.6 is 0 Å². The second-order valence-corrected chi connectivity index (χ2v) is 6.53. The third-order valence-corrected chi connectivity index (χ3v) is 4.40. The zero-order chi connectivity index (χ0) is 20.6. The fraction of sp³-hybridized carbons (Fsp3) is 0.227. The SMILES string of the molecule is Cc1ccccc1OCCNc1ncc(C(=O)O)c(CCc2ccc(F)cc2)n1. The molecule has 2 aromatic carbocycles. The Kier molecular flexibility index (Phi) is 6.73. The van der Waals surface area contributed by atoms with Crippen LogP contribution in [0.1, 0.15) is 27.2 Å². The van der Waals surface area contributed by atoms with E-state index >= 15 is 0 Å². The number of hydrogen-bond acceptors (Lipinski definition) is 5. The van der Waals surface area contributed by atoms with Crippen LogP contribution in [0.5, 0.6) is 5.75 Å². The highest BCUT2D eigenvalue weighted by atomic mass is 19.1. The minimum absolute atomic E-state index is 0.0637. The van der Waals surface area contributed by atoms with Crippen molar-refractivity contribution in [3.63, 3.8) is 0 Å². The molecule has 0 amide bonds. The lowest BCUT2D eigenvalue weighted by Gasteiger charge is -2.11. The van der Waals surface area contributed by atoms with Crippen molar-refractivity contribution in [2.75, 3.05) is 18.5 Å². The van der Waals surface area contributed by atoms with Crippen LogP contribution in [0.4, 0.5) is 10.3 Å². The first-order valence-electron chi connectivity index (χ1n) is 9.29. The molecule has 0 aliphatic carbocycles. The molecule has 1 heterocycles. The number of carboxylic acids is 1. The Hall–Kier alpha value is -3.48. The third-order valence-electron chi connectivity index (χ3n) is 4.40. The number of carbonyl (C=O) groups is 1. The summed E-state index contributed by atoms with van der Waals surface area (Å²) in [7, 11) is 0. The van der Waals surface area contributed by atoms with Gasteiger partial charge in [-0.25, -0.2) is 19.2 Å². The van der Waals surface area contributed by atoms with E-state index in [1.54, 1.807) is 12.1 Å². The van der Waals surface area contributed by atoms with Crippen LogP contribution in [0.15, 0.2) is 54.7 Å². The molecule has 0 spiro atoms. The minimum atomic E-state index is -1.08. The molecule has 1 aromatic heterocycles. The molecule has 2 N–H and O–H groups in total. The maximum atomic E-state index is 13.0. The van der Waals surface area contributed by atoms with Gasteiger partial charge in [0.2, 0.25) is 5.95 Å². The van der Waals surface area contributed by atoms with E-state index in [2.05, 4.69) is 15.3 Å². The summed E-state index contributed by atoms with van der Waals surface area (Å²) < 4.78 is 18.8. The molecule has 0 bridgehead atoms. The van der Waals surface area contributed by atoms with E-state index in [4.69, 9.17) is 4.74 Å². The number of nitrogens with one attached hydrogen (secondary N) is 1. The summed E-state index contributed by atoms with van der Waals surface area (Å²) in [6.45, 7) is 2.86. The van der Waals surface area contributed by atoms with E-state index in [-0.39, 0.29) is 11.4 Å². The van der Waals surface area contributed by atoms with Gasteiger partial charge >= 0.3 is 5.97 Å². The number of aromatic carboxylic acids is 1. The molecule has 0 unspecified atom stereocenters. The van der Waals surface area contributed by atoms with Gasteiger partial charge in [0.1, 0.15) is 18.2 Å². The normalized spacial score (nSPS) is 10.6. The molecule has 0 aliphatic heterocycles. The standard InChI is InChI=1S/C22H22FN3O3/c1-15-4-2-3-5-20(15)29-13-12-24-22-25-14-18(21(27)28)19(26-22)11-8-16-6-9-17(23)10-7-16/h2-7,9-10,14H,8,11-13H2,1H3,(H,27,28)(H,24,25,26). The molecule has 6 nitrogen and oxygen atoms in total. The molecule has 0 radical (unpaired) electrons. The van der Waals surface area contributed by atoms with E-state index < -0.39 is 5.97 Å². The zero-order valence-corrected chi connectivity index (χ0v) is 16.1. The Morgan fingerprint density at radius 3 is 2.62 bits per heavy atom. The summed E-state index contributed by atoms with van der Waals surface area (Å²) in [4.78, 5) is 19.9. The lowest BCUT2D eigenvalue weighted by atomic mass is 10.1. The number of nitrogens with zero attached hydrogens (tertiary/aromatic N) is 2. The van der Waals surface area contributed by atoms with Crippen LogP contribution in [0, 0.1) is 12.7 Å². The molecular weight excluding hydrogens is 373 g/mol. The van der Waals surface area contributed by atoms with Gasteiger partial charge < -0.3 is 15.2 Å². The van der Waals surface area contributed by atoms with E-state index in [1.165, 1.54) is 18.3 Å². The fourth-order valence-electron chi connectivity index (χ4n) is 2.83. The highest BCUT2D eigenvalue weighted by molar-refractivity contribution is 5.88. The van der Waals surface area contributed by atoms with Crippen molar-refractivity contribution in [2.45, 2.75) is 19.8 Å². The Morgan fingerprint density at radius 1 is 1.14 bits per heavy atom. The van der Waals surface area contributed by atoms with Crippen LogP contribution in [0.25, 0.3) is 0 Å². The van der Waals surface area contributed by atoms with Gasteiger partial charge in [-0.2, -0.15) is 0 Å². The van der Waals surface area contributed by atoms with E-state index in [1.807, 2.05) is 31.2 Å². The van der Waals surface area contributed by atoms with Gasteiger partial charge in [-0.15, -0.1) is 0 Å². The summed E-state index contributed by atoms with van der Waals surface area (Å²) >= 11 is 0. The van der Waals surface area contributed by atoms with E-state index in [9.17, 15) is 14.3 Å². The number of para-hydroxylation sites is 1. The summed E-state index contributed by atoms with van der Waals surface area (Å²) in [5.41, 5.74) is 2.45. The molecule has 7 heteroatoms. The number of carboxylic acid groups (broad SMARTS) is 1. The average molecular weight is 395 g/mol. The van der Waals surface area contributed by atoms with Gasteiger partial charge in [0.05, 0.1) is 17.8 Å². The molecule has 3 rings (SSSR count). The van der Waals surface area contributed by atoms with Crippen molar-refractivity contribution in [3.8, 4) is 5.75 Å². The first kappa shape index (κ1) is 20.3. The lowest BCUT2D eigenvalue weighted by molar-refractivity contribution is 0.0694. The van der Waals surface area contributed by atoms with Gasteiger partial charge in [0.25, 0.3) is 0 Å². The quantitative estimate of drug-likeness (QED) is 0.535. The molecule has 150 valence electrons. The molecule has 0 aliphatic rings. The number of ether oxygens (including phenoxy) is 1. The van der Waals surface area contributed by atoms with Crippen LogP contribution in [-0.4, -0.2) is 34.2 Å². The van der Waals surface area contributed by atoms with Gasteiger partial charge in [-0.1, -0.05) is 30.3 Å². The predicted octanol–water partition coefficient (Wildman–Crippen LogP) is 3.90. The molecule has 29 heavy (non-hydrogen) atoms. The van der Waals surface area contributed by atoms with Crippen LogP contribution in [0.2, 0.25) is 0 Å². The summed E-state index contributed by atoms with van der Waals surface area (Å²) in [5.74, 6) is -0.219. The maximum Gasteiger partial charge on any atom is 0.339 e. The number of halogens is 1. The van der Waals surface area contributed by atoms with Crippen molar-refractivity contribution >= 4 is 11.9 Å². The second-order valence-electron chi connectivity index (χ2n) is 6.53. The number of hydrogen-bond donors (Lipinski definition) is 2. The highest BCUT2D eigenvalue weighted by Crippen LogP contribution is 2.16. The van der Waals surface area contributed by atoms with Gasteiger partial charge in [0, 0.05) is 6.20 Å². The van der Waals surface area contributed by atoms with Gasteiger partial charge in [0.15, 0.2) is 0 Å². The number of aryl methyl sites for hydroxylation is 3.